The molecule has 0 spiro atoms. The Bertz CT molecular complexity index is 1200. The third kappa shape index (κ3) is 4.12. The average Bonchev–Trinajstić information content (AvgIpc) is 3.34. The average molecular weight is 438 g/mol. The van der Waals surface area contributed by atoms with Gasteiger partial charge in [-0.3, -0.25) is 9.69 Å². The van der Waals surface area contributed by atoms with Crippen molar-refractivity contribution in [2.75, 3.05) is 37.7 Å². The van der Waals surface area contributed by atoms with Gasteiger partial charge in [-0.1, -0.05) is 48.5 Å². The number of sulfone groups is 1. The summed E-state index contributed by atoms with van der Waals surface area (Å²) in [5.41, 5.74) is 3.20. The first kappa shape index (κ1) is 20.3. The second kappa shape index (κ2) is 8.13. The van der Waals surface area contributed by atoms with Gasteiger partial charge in [-0.25, -0.2) is 8.42 Å². The number of fused-ring (bicyclic) bond motifs is 1. The molecule has 2 saturated heterocycles. The second-order valence-electron chi connectivity index (χ2n) is 8.51. The number of benzene rings is 2. The summed E-state index contributed by atoms with van der Waals surface area (Å²) in [6.07, 6.45) is 0.714. The van der Waals surface area contributed by atoms with Crippen molar-refractivity contribution in [1.29, 1.82) is 0 Å². The first-order chi connectivity index (χ1) is 15.0. The van der Waals surface area contributed by atoms with E-state index in [2.05, 4.69) is 39.8 Å². The molecule has 3 heterocycles. The highest BCUT2D eigenvalue weighted by Crippen LogP contribution is 2.28. The van der Waals surface area contributed by atoms with Crippen LogP contribution in [-0.2, 0) is 21.2 Å². The lowest BCUT2D eigenvalue weighted by molar-refractivity contribution is -0.133. The molecule has 2 aromatic carbocycles. The summed E-state index contributed by atoms with van der Waals surface area (Å²) in [4.78, 5) is 17.4. The summed E-state index contributed by atoms with van der Waals surface area (Å²) < 4.78 is 25.7. The van der Waals surface area contributed by atoms with Crippen LogP contribution in [0.4, 0.5) is 0 Å². The van der Waals surface area contributed by atoms with Gasteiger partial charge in [0.05, 0.1) is 11.5 Å². The summed E-state index contributed by atoms with van der Waals surface area (Å²) in [6, 6.07) is 20.6. The molecule has 2 aliphatic heterocycles. The molecule has 0 bridgehead atoms. The number of rotatable bonds is 4. The maximum atomic E-state index is 13.2. The topological polar surface area (TPSA) is 62.6 Å². The Morgan fingerprint density at radius 2 is 1.65 bits per heavy atom. The molecular formula is C24H27N3O3S. The number of carbonyl (C=O) groups is 1. The van der Waals surface area contributed by atoms with Crippen LogP contribution in [0.3, 0.4) is 0 Å². The minimum Gasteiger partial charge on any atom is -0.339 e. The van der Waals surface area contributed by atoms with E-state index in [9.17, 15) is 13.2 Å². The smallest absolute Gasteiger partial charge is 0.242 e. The molecule has 7 heteroatoms. The van der Waals surface area contributed by atoms with Gasteiger partial charge in [0.25, 0.3) is 0 Å². The van der Waals surface area contributed by atoms with E-state index in [4.69, 9.17) is 0 Å². The van der Waals surface area contributed by atoms with Gasteiger partial charge in [0.15, 0.2) is 9.84 Å². The zero-order chi connectivity index (χ0) is 21.4. The molecule has 1 atom stereocenters. The van der Waals surface area contributed by atoms with Crippen molar-refractivity contribution in [2.24, 2.45) is 0 Å². The normalized spacial score (nSPS) is 21.5. The van der Waals surface area contributed by atoms with E-state index >= 15 is 0 Å². The lowest BCUT2D eigenvalue weighted by Crippen LogP contribution is -2.52. The zero-order valence-electron chi connectivity index (χ0n) is 17.5. The first-order valence-electron chi connectivity index (χ1n) is 10.9. The Kier molecular flexibility index (Phi) is 5.32. The Hall–Kier alpha value is -2.64. The first-order valence-corrected chi connectivity index (χ1v) is 12.7. The molecule has 2 fully saturated rings. The van der Waals surface area contributed by atoms with Crippen LogP contribution in [0.25, 0.3) is 22.2 Å². The van der Waals surface area contributed by atoms with Crippen molar-refractivity contribution in [3.05, 3.63) is 60.7 Å². The fourth-order valence-electron chi connectivity index (χ4n) is 4.86. The van der Waals surface area contributed by atoms with Crippen molar-refractivity contribution in [2.45, 2.75) is 19.0 Å². The van der Waals surface area contributed by atoms with E-state index in [0.29, 0.717) is 31.8 Å². The summed E-state index contributed by atoms with van der Waals surface area (Å²) in [5.74, 6) is 0.661. The van der Waals surface area contributed by atoms with E-state index in [1.54, 1.807) is 0 Å². The van der Waals surface area contributed by atoms with Crippen LogP contribution in [0.5, 0.6) is 0 Å². The number of amides is 1. The summed E-state index contributed by atoms with van der Waals surface area (Å²) in [7, 11) is -2.89. The minimum atomic E-state index is -2.89. The highest BCUT2D eigenvalue weighted by atomic mass is 32.2. The summed E-state index contributed by atoms with van der Waals surface area (Å²) in [5, 5.41) is 1.13. The predicted octanol–water partition coefficient (Wildman–Crippen LogP) is 2.64. The molecule has 0 radical (unpaired) electrons. The Morgan fingerprint density at radius 1 is 0.935 bits per heavy atom. The SMILES string of the molecule is O=C(Cn1c(-c2ccccc2)cc2ccccc21)N1CCN([C@H]2CCS(=O)(=O)C2)CC1. The van der Waals surface area contributed by atoms with E-state index in [1.165, 1.54) is 0 Å². The van der Waals surface area contributed by atoms with Crippen LogP contribution < -0.4 is 0 Å². The molecule has 1 amide bonds. The predicted molar refractivity (Wildman–Crippen MR) is 123 cm³/mol. The molecule has 5 rings (SSSR count). The molecule has 0 aliphatic carbocycles. The van der Waals surface area contributed by atoms with E-state index in [-0.39, 0.29) is 17.7 Å². The minimum absolute atomic E-state index is 0.109. The molecule has 6 nitrogen and oxygen atoms in total. The number of nitrogens with zero attached hydrogens (tertiary/aromatic N) is 3. The summed E-state index contributed by atoms with van der Waals surface area (Å²) >= 11 is 0. The van der Waals surface area contributed by atoms with E-state index < -0.39 is 9.84 Å². The molecule has 31 heavy (non-hydrogen) atoms. The summed E-state index contributed by atoms with van der Waals surface area (Å²) in [6.45, 7) is 3.08. The van der Waals surface area contributed by atoms with Crippen LogP contribution in [0.1, 0.15) is 6.42 Å². The third-order valence-corrected chi connectivity index (χ3v) is 8.32. The number of carbonyl (C=O) groups excluding carboxylic acids is 1. The zero-order valence-corrected chi connectivity index (χ0v) is 18.3. The van der Waals surface area contributed by atoms with Crippen molar-refractivity contribution in [1.82, 2.24) is 14.4 Å². The molecule has 0 saturated carbocycles. The quantitative estimate of drug-likeness (QED) is 0.630. The van der Waals surface area contributed by atoms with Crippen LogP contribution in [0.2, 0.25) is 0 Å². The van der Waals surface area contributed by atoms with E-state index in [0.717, 1.165) is 35.2 Å². The van der Waals surface area contributed by atoms with E-state index in [1.807, 2.05) is 35.2 Å². The number of aromatic nitrogens is 1. The monoisotopic (exact) mass is 437 g/mol. The molecular weight excluding hydrogens is 410 g/mol. The fourth-order valence-corrected chi connectivity index (χ4v) is 6.63. The Balaban J connectivity index is 1.32. The molecule has 162 valence electrons. The van der Waals surface area contributed by atoms with Crippen molar-refractivity contribution < 1.29 is 13.2 Å². The van der Waals surface area contributed by atoms with Crippen LogP contribution in [0, 0.1) is 0 Å². The lowest BCUT2D eigenvalue weighted by Gasteiger charge is -2.37. The number of piperazine rings is 1. The van der Waals surface area contributed by atoms with Crippen LogP contribution in [0.15, 0.2) is 60.7 Å². The Labute approximate surface area is 183 Å². The largest absolute Gasteiger partial charge is 0.339 e. The second-order valence-corrected chi connectivity index (χ2v) is 10.7. The molecule has 1 aromatic heterocycles. The molecule has 2 aliphatic rings. The highest BCUT2D eigenvalue weighted by molar-refractivity contribution is 7.91. The molecule has 3 aromatic rings. The van der Waals surface area contributed by atoms with Gasteiger partial charge in [0.2, 0.25) is 5.91 Å². The molecule has 0 N–H and O–H groups in total. The maximum Gasteiger partial charge on any atom is 0.242 e. The third-order valence-electron chi connectivity index (χ3n) is 6.57. The van der Waals surface area contributed by atoms with Gasteiger partial charge in [0, 0.05) is 48.8 Å². The van der Waals surface area contributed by atoms with Crippen molar-refractivity contribution in [3.8, 4) is 11.3 Å². The number of hydrogen-bond donors (Lipinski definition) is 0. The van der Waals surface area contributed by atoms with Gasteiger partial charge in [0.1, 0.15) is 6.54 Å². The van der Waals surface area contributed by atoms with Crippen LogP contribution in [-0.4, -0.2) is 72.4 Å². The fraction of sp³-hybridized carbons (Fsp3) is 0.375. The van der Waals surface area contributed by atoms with Crippen LogP contribution >= 0.6 is 0 Å². The Morgan fingerprint density at radius 3 is 2.35 bits per heavy atom. The van der Waals surface area contributed by atoms with Gasteiger partial charge in [-0.15, -0.1) is 0 Å². The van der Waals surface area contributed by atoms with Gasteiger partial charge < -0.3 is 9.47 Å². The highest BCUT2D eigenvalue weighted by Gasteiger charge is 2.34. The maximum absolute atomic E-state index is 13.2. The molecule has 0 unspecified atom stereocenters. The number of para-hydroxylation sites is 1. The standard InChI is InChI=1S/C24H27N3O3S/c28-24(26-13-11-25(12-14-26)21-10-15-31(29,30)18-21)17-27-22-9-5-4-8-20(22)16-23(27)19-6-2-1-3-7-19/h1-9,16,21H,10-15,17-18H2/t21-/m0/s1. The van der Waals surface area contributed by atoms with Gasteiger partial charge in [-0.05, 0) is 24.1 Å². The van der Waals surface area contributed by atoms with Crippen molar-refractivity contribution in [3.63, 3.8) is 0 Å². The van der Waals surface area contributed by atoms with Gasteiger partial charge >= 0.3 is 0 Å². The van der Waals surface area contributed by atoms with Gasteiger partial charge in [-0.2, -0.15) is 0 Å². The lowest BCUT2D eigenvalue weighted by atomic mass is 10.1. The number of hydrogen-bond acceptors (Lipinski definition) is 4. The van der Waals surface area contributed by atoms with Crippen molar-refractivity contribution >= 4 is 26.6 Å².